The number of ether oxygens (including phenoxy) is 1. The number of benzene rings is 1. The lowest BCUT2D eigenvalue weighted by atomic mass is 10.2. The number of nitrogens with zero attached hydrogens (tertiary/aromatic N) is 3. The van der Waals surface area contributed by atoms with Gasteiger partial charge in [-0.1, -0.05) is 12.1 Å². The summed E-state index contributed by atoms with van der Waals surface area (Å²) in [5, 5.41) is 4.02. The molecule has 0 bridgehead atoms. The van der Waals surface area contributed by atoms with Crippen molar-refractivity contribution in [2.24, 2.45) is 7.05 Å². The first-order valence-electron chi connectivity index (χ1n) is 4.55. The lowest BCUT2D eigenvalue weighted by molar-refractivity contribution is 0.438. The zero-order valence-corrected chi connectivity index (χ0v) is 8.64. The van der Waals surface area contributed by atoms with Crippen molar-refractivity contribution in [3.8, 4) is 11.8 Å². The zero-order chi connectivity index (χ0) is 10.8. The first-order chi connectivity index (χ1) is 7.16. The fraction of sp³-hybridized carbons (Fsp3) is 0.200. The minimum absolute atomic E-state index is 0.304. The average molecular weight is 204 g/mol. The normalized spacial score (nSPS) is 10.3. The van der Waals surface area contributed by atoms with Gasteiger partial charge in [-0.2, -0.15) is 4.98 Å². The molecule has 0 saturated heterocycles. The van der Waals surface area contributed by atoms with E-state index in [2.05, 4.69) is 10.1 Å². The van der Waals surface area contributed by atoms with Crippen molar-refractivity contribution >= 4 is 5.69 Å². The van der Waals surface area contributed by atoms with Gasteiger partial charge in [-0.25, -0.2) is 0 Å². The fourth-order valence-electron chi connectivity index (χ4n) is 1.27. The van der Waals surface area contributed by atoms with Crippen molar-refractivity contribution in [2.45, 2.75) is 6.92 Å². The molecule has 1 aromatic carbocycles. The van der Waals surface area contributed by atoms with Crippen LogP contribution >= 0.6 is 0 Å². The Balaban J connectivity index is 2.31. The molecular weight excluding hydrogens is 192 g/mol. The topological polar surface area (TPSA) is 66.0 Å². The minimum atomic E-state index is 0.304. The maximum Gasteiger partial charge on any atom is 0.341 e. The molecule has 0 radical (unpaired) electrons. The van der Waals surface area contributed by atoms with E-state index in [1.54, 1.807) is 24.1 Å². The summed E-state index contributed by atoms with van der Waals surface area (Å²) in [7, 11) is 1.78. The summed E-state index contributed by atoms with van der Waals surface area (Å²) in [4.78, 5) is 3.97. The van der Waals surface area contributed by atoms with Crippen LogP contribution in [0.25, 0.3) is 0 Å². The Morgan fingerprint density at radius 2 is 2.20 bits per heavy atom. The number of rotatable bonds is 2. The largest absolute Gasteiger partial charge is 0.421 e. The van der Waals surface area contributed by atoms with Gasteiger partial charge in [-0.15, -0.1) is 5.10 Å². The van der Waals surface area contributed by atoms with Gasteiger partial charge in [-0.05, 0) is 18.6 Å². The number of para-hydroxylation sites is 1. The Kier molecular flexibility index (Phi) is 2.29. The van der Waals surface area contributed by atoms with Crippen LogP contribution in [0.1, 0.15) is 5.56 Å². The third-order valence-corrected chi connectivity index (χ3v) is 2.01. The van der Waals surface area contributed by atoms with Crippen molar-refractivity contribution in [1.29, 1.82) is 0 Å². The Morgan fingerprint density at radius 3 is 2.80 bits per heavy atom. The van der Waals surface area contributed by atoms with Crippen LogP contribution < -0.4 is 10.5 Å². The summed E-state index contributed by atoms with van der Waals surface area (Å²) in [6.07, 6.45) is 1.57. The molecule has 0 aliphatic heterocycles. The molecule has 0 aliphatic carbocycles. The molecule has 5 heteroatoms. The van der Waals surface area contributed by atoms with Crippen molar-refractivity contribution < 1.29 is 4.74 Å². The number of aryl methyl sites for hydroxylation is 2. The molecule has 1 aromatic heterocycles. The number of anilines is 1. The number of hydrogen-bond acceptors (Lipinski definition) is 4. The molecule has 2 aromatic rings. The van der Waals surface area contributed by atoms with Crippen LogP contribution in [-0.4, -0.2) is 14.8 Å². The summed E-state index contributed by atoms with van der Waals surface area (Å²) in [6, 6.07) is 5.89. The third-order valence-electron chi connectivity index (χ3n) is 2.01. The average Bonchev–Trinajstić information content (AvgIpc) is 2.58. The number of nitrogens with two attached hydrogens (primary N) is 1. The van der Waals surface area contributed by atoms with Crippen molar-refractivity contribution in [1.82, 2.24) is 14.8 Å². The molecule has 2 rings (SSSR count). The number of aromatic nitrogens is 3. The second kappa shape index (κ2) is 3.61. The third kappa shape index (κ3) is 1.90. The van der Waals surface area contributed by atoms with Gasteiger partial charge < -0.3 is 10.5 Å². The van der Waals surface area contributed by atoms with E-state index in [0.29, 0.717) is 17.4 Å². The first-order valence-corrected chi connectivity index (χ1v) is 4.55. The summed E-state index contributed by atoms with van der Waals surface area (Å²) in [6.45, 7) is 1.93. The van der Waals surface area contributed by atoms with E-state index in [4.69, 9.17) is 10.5 Å². The van der Waals surface area contributed by atoms with E-state index in [-0.39, 0.29) is 0 Å². The SMILES string of the molecule is Cc1cccc(N)c1Oc1ncn(C)n1. The molecule has 0 unspecified atom stereocenters. The molecule has 0 spiro atoms. The second-order valence-electron chi connectivity index (χ2n) is 3.30. The fourth-order valence-corrected chi connectivity index (χ4v) is 1.27. The second-order valence-corrected chi connectivity index (χ2v) is 3.30. The standard InChI is InChI=1S/C10H12N4O/c1-7-4-3-5-8(11)9(7)15-10-12-6-14(2)13-10/h3-6H,11H2,1-2H3. The highest BCUT2D eigenvalue weighted by atomic mass is 16.5. The minimum Gasteiger partial charge on any atom is -0.421 e. The van der Waals surface area contributed by atoms with Crippen LogP contribution in [0, 0.1) is 6.92 Å². The first kappa shape index (κ1) is 9.51. The molecule has 1 heterocycles. The highest BCUT2D eigenvalue weighted by Gasteiger charge is 2.07. The van der Waals surface area contributed by atoms with Crippen molar-refractivity contribution in [3.63, 3.8) is 0 Å². The number of nitrogen functional groups attached to an aromatic ring is 1. The zero-order valence-electron chi connectivity index (χ0n) is 8.64. The summed E-state index contributed by atoms with van der Waals surface area (Å²) in [5.74, 6) is 0.615. The molecule has 5 nitrogen and oxygen atoms in total. The lowest BCUT2D eigenvalue weighted by Gasteiger charge is -2.07. The maximum atomic E-state index is 5.79. The Hall–Kier alpha value is -2.04. The van der Waals surface area contributed by atoms with Gasteiger partial charge >= 0.3 is 6.01 Å². The molecule has 0 saturated carbocycles. The van der Waals surface area contributed by atoms with Crippen molar-refractivity contribution in [2.75, 3.05) is 5.73 Å². The van der Waals surface area contributed by atoms with Gasteiger partial charge in [0.1, 0.15) is 6.33 Å². The van der Waals surface area contributed by atoms with E-state index in [9.17, 15) is 0 Å². The van der Waals surface area contributed by atoms with Gasteiger partial charge in [0.15, 0.2) is 5.75 Å². The van der Waals surface area contributed by atoms with Crippen LogP contribution in [0.15, 0.2) is 24.5 Å². The molecule has 2 N–H and O–H groups in total. The molecule has 0 aliphatic rings. The van der Waals surface area contributed by atoms with Crippen LogP contribution in [-0.2, 0) is 7.05 Å². The van der Waals surface area contributed by atoms with Crippen LogP contribution in [0.2, 0.25) is 0 Å². The molecule has 0 atom stereocenters. The Morgan fingerprint density at radius 1 is 1.40 bits per heavy atom. The van der Waals surface area contributed by atoms with E-state index in [0.717, 1.165) is 5.56 Å². The van der Waals surface area contributed by atoms with E-state index in [1.165, 1.54) is 0 Å². The van der Waals surface area contributed by atoms with E-state index >= 15 is 0 Å². The van der Waals surface area contributed by atoms with Gasteiger partial charge in [0.25, 0.3) is 0 Å². The molecule has 78 valence electrons. The predicted octanol–water partition coefficient (Wildman–Crippen LogP) is 1.50. The van der Waals surface area contributed by atoms with Gasteiger partial charge in [0.05, 0.1) is 5.69 Å². The maximum absolute atomic E-state index is 5.79. The smallest absolute Gasteiger partial charge is 0.341 e. The highest BCUT2D eigenvalue weighted by molar-refractivity contribution is 5.57. The van der Waals surface area contributed by atoms with Crippen LogP contribution in [0.4, 0.5) is 5.69 Å². The van der Waals surface area contributed by atoms with E-state index in [1.807, 2.05) is 19.1 Å². The quantitative estimate of drug-likeness (QED) is 0.753. The number of hydrogen-bond donors (Lipinski definition) is 1. The van der Waals surface area contributed by atoms with Crippen LogP contribution in [0.5, 0.6) is 11.8 Å². The predicted molar refractivity (Wildman–Crippen MR) is 56.7 cm³/mol. The summed E-state index contributed by atoms with van der Waals surface area (Å²) >= 11 is 0. The van der Waals surface area contributed by atoms with Crippen LogP contribution in [0.3, 0.4) is 0 Å². The highest BCUT2D eigenvalue weighted by Crippen LogP contribution is 2.28. The van der Waals surface area contributed by atoms with E-state index < -0.39 is 0 Å². The van der Waals surface area contributed by atoms with Crippen molar-refractivity contribution in [3.05, 3.63) is 30.1 Å². The molecule has 0 fully saturated rings. The molecular formula is C10H12N4O. The monoisotopic (exact) mass is 204 g/mol. The summed E-state index contributed by atoms with van der Waals surface area (Å²) < 4.78 is 7.07. The van der Waals surface area contributed by atoms with Gasteiger partial charge in [0.2, 0.25) is 0 Å². The molecule has 15 heavy (non-hydrogen) atoms. The lowest BCUT2D eigenvalue weighted by Crippen LogP contribution is -1.96. The summed E-state index contributed by atoms with van der Waals surface area (Å²) in [5.41, 5.74) is 7.33. The molecule has 0 amide bonds. The Bertz CT molecular complexity index is 458. The Labute approximate surface area is 87.5 Å². The van der Waals surface area contributed by atoms with Gasteiger partial charge in [-0.3, -0.25) is 4.68 Å². The van der Waals surface area contributed by atoms with Gasteiger partial charge in [0, 0.05) is 7.05 Å².